The summed E-state index contributed by atoms with van der Waals surface area (Å²) >= 11 is 0. The molecule has 1 aliphatic heterocycles. The number of hydrogen-bond acceptors (Lipinski definition) is 8. The summed E-state index contributed by atoms with van der Waals surface area (Å²) in [4.78, 5) is 54.8. The highest BCUT2D eigenvalue weighted by Gasteiger charge is 2.33. The van der Waals surface area contributed by atoms with Crippen LogP contribution in [0.3, 0.4) is 0 Å². The number of imide groups is 1. The van der Waals surface area contributed by atoms with Crippen LogP contribution in [0.4, 0.5) is 0 Å². The Labute approximate surface area is 223 Å². The largest absolute Gasteiger partial charge is 0.496 e. The van der Waals surface area contributed by atoms with E-state index in [9.17, 15) is 23.8 Å². The third kappa shape index (κ3) is 5.64. The van der Waals surface area contributed by atoms with Crippen molar-refractivity contribution in [3.05, 3.63) is 84.3 Å². The Kier molecular flexibility index (Phi) is 7.36. The van der Waals surface area contributed by atoms with Gasteiger partial charge in [0.05, 0.1) is 24.2 Å². The summed E-state index contributed by atoms with van der Waals surface area (Å²) in [6, 6.07) is 15.3. The van der Waals surface area contributed by atoms with Crippen LogP contribution in [0.15, 0.2) is 77.6 Å². The van der Waals surface area contributed by atoms with Gasteiger partial charge in [0.2, 0.25) is 13.9 Å². The molecule has 2 amide bonds. The van der Waals surface area contributed by atoms with Gasteiger partial charge in [0.25, 0.3) is 11.8 Å². The van der Waals surface area contributed by atoms with Crippen molar-refractivity contribution in [1.82, 2.24) is 10.0 Å². The minimum atomic E-state index is -2.97. The second-order valence-electron chi connectivity index (χ2n) is 8.67. The van der Waals surface area contributed by atoms with E-state index in [-0.39, 0.29) is 23.7 Å². The number of amides is 2. The molecule has 0 radical (unpaired) electrons. The first-order chi connectivity index (χ1) is 18.8. The number of benzene rings is 2. The fourth-order valence-electron chi connectivity index (χ4n) is 4.08. The molecule has 1 aliphatic rings. The summed E-state index contributed by atoms with van der Waals surface area (Å²) in [5, 5.41) is 0.729. The van der Waals surface area contributed by atoms with Gasteiger partial charge < -0.3 is 18.9 Å². The van der Waals surface area contributed by atoms with Crippen LogP contribution >= 0.6 is 8.03 Å². The van der Waals surface area contributed by atoms with Crippen LogP contribution in [0, 0.1) is 0 Å². The van der Waals surface area contributed by atoms with Crippen molar-refractivity contribution < 1.29 is 42.4 Å². The van der Waals surface area contributed by atoms with E-state index in [1.807, 2.05) is 35.2 Å². The number of aromatic nitrogens is 2. The number of hydroxylamine groups is 2. The molecule has 198 valence electrons. The SMILES string of the molecule is COc1ccc(-c2cnc(-c3cc[n+](Cc4cccc(C(=O)ON5C(=O)CCC5=O)c4)cc3)o2)cc1[PH](=O)O. The van der Waals surface area contributed by atoms with Gasteiger partial charge in [0.1, 0.15) is 5.75 Å². The maximum Gasteiger partial charge on any atom is 0.363 e. The van der Waals surface area contributed by atoms with E-state index in [1.54, 1.807) is 42.6 Å². The van der Waals surface area contributed by atoms with Gasteiger partial charge in [-0.15, -0.1) is 5.06 Å². The summed E-state index contributed by atoms with van der Waals surface area (Å²) in [6.07, 6.45) is 5.26. The molecule has 12 heteroatoms. The van der Waals surface area contributed by atoms with E-state index in [2.05, 4.69) is 4.98 Å². The zero-order chi connectivity index (χ0) is 27.5. The molecule has 3 heterocycles. The van der Waals surface area contributed by atoms with Crippen LogP contribution in [0.1, 0.15) is 28.8 Å². The third-order valence-electron chi connectivity index (χ3n) is 6.07. The van der Waals surface area contributed by atoms with Gasteiger partial charge in [0, 0.05) is 41.7 Å². The summed E-state index contributed by atoms with van der Waals surface area (Å²) in [6.45, 7) is 0.439. The van der Waals surface area contributed by atoms with Gasteiger partial charge in [0.15, 0.2) is 24.7 Å². The van der Waals surface area contributed by atoms with E-state index in [4.69, 9.17) is 14.0 Å². The van der Waals surface area contributed by atoms with E-state index in [0.717, 1.165) is 11.1 Å². The van der Waals surface area contributed by atoms with Crippen LogP contribution < -0.4 is 14.6 Å². The molecule has 1 atom stereocenters. The Bertz CT molecular complexity index is 1580. The topological polar surface area (TPSA) is 140 Å². The molecule has 0 saturated carbocycles. The van der Waals surface area contributed by atoms with Crippen LogP contribution in [-0.2, 0) is 25.5 Å². The van der Waals surface area contributed by atoms with Gasteiger partial charge in [-0.25, -0.2) is 14.3 Å². The monoisotopic (exact) mass is 548 g/mol. The lowest BCUT2D eigenvalue weighted by molar-refractivity contribution is -0.688. The fraction of sp³-hybridized carbons (Fsp3) is 0.148. The van der Waals surface area contributed by atoms with Gasteiger partial charge >= 0.3 is 5.97 Å². The second-order valence-corrected chi connectivity index (χ2v) is 9.82. The molecule has 0 spiro atoms. The zero-order valence-electron chi connectivity index (χ0n) is 20.7. The summed E-state index contributed by atoms with van der Waals surface area (Å²) in [7, 11) is -1.54. The molecule has 2 aromatic heterocycles. The van der Waals surface area contributed by atoms with Crippen molar-refractivity contribution in [3.8, 4) is 28.5 Å². The average Bonchev–Trinajstić information content (AvgIpc) is 3.56. The molecule has 1 unspecified atom stereocenters. The molecular formula is C27H23N3O8P+. The number of rotatable bonds is 8. The molecule has 39 heavy (non-hydrogen) atoms. The van der Waals surface area contributed by atoms with Crippen LogP contribution in [0.25, 0.3) is 22.8 Å². The quantitative estimate of drug-likeness (QED) is 0.200. The Hall–Kier alpha value is -4.60. The van der Waals surface area contributed by atoms with Crippen LogP contribution in [0.2, 0.25) is 0 Å². The number of oxazole rings is 1. The van der Waals surface area contributed by atoms with E-state index in [0.29, 0.717) is 34.6 Å². The normalized spacial score (nSPS) is 13.9. The van der Waals surface area contributed by atoms with E-state index >= 15 is 0 Å². The smallest absolute Gasteiger partial charge is 0.363 e. The minimum Gasteiger partial charge on any atom is -0.496 e. The highest BCUT2D eigenvalue weighted by molar-refractivity contribution is 7.47. The van der Waals surface area contributed by atoms with Crippen LogP contribution in [-0.4, -0.2) is 39.8 Å². The zero-order valence-corrected chi connectivity index (χ0v) is 21.7. The van der Waals surface area contributed by atoms with Crippen molar-refractivity contribution >= 4 is 31.1 Å². The third-order valence-corrected chi connectivity index (χ3v) is 6.92. The van der Waals surface area contributed by atoms with Crippen molar-refractivity contribution in [2.45, 2.75) is 19.4 Å². The number of pyridine rings is 1. The van der Waals surface area contributed by atoms with Gasteiger partial charge in [-0.2, -0.15) is 0 Å². The lowest BCUT2D eigenvalue weighted by atomic mass is 10.1. The molecular weight excluding hydrogens is 525 g/mol. The minimum absolute atomic E-state index is 0.0304. The van der Waals surface area contributed by atoms with Gasteiger partial charge in [-0.05, 0) is 30.3 Å². The molecule has 1 N–H and O–H groups in total. The number of hydrogen-bond donors (Lipinski definition) is 1. The summed E-state index contributed by atoms with van der Waals surface area (Å²) in [5.74, 6) is -0.700. The maximum absolute atomic E-state index is 12.5. The van der Waals surface area contributed by atoms with E-state index in [1.165, 1.54) is 7.11 Å². The molecule has 1 fully saturated rings. The molecule has 5 rings (SSSR count). The Balaban J connectivity index is 1.28. The van der Waals surface area contributed by atoms with Crippen LogP contribution in [0.5, 0.6) is 5.75 Å². The lowest BCUT2D eigenvalue weighted by Gasteiger charge is -2.12. The highest BCUT2D eigenvalue weighted by atomic mass is 31.1. The number of methoxy groups -OCH3 is 1. The molecule has 2 aromatic carbocycles. The first-order valence-electron chi connectivity index (χ1n) is 11.9. The standard InChI is InChI=1S/C27H22N3O8P/c1-36-21-6-5-19(14-23(21)39(34)35)22-15-28-26(37-22)18-9-11-29(12-10-18)16-17-3-2-4-20(13-17)27(33)38-30-24(31)7-8-25(30)32/h2-6,9-15,39H,7-8,16H2,1H3/p+1. The first kappa shape index (κ1) is 26.0. The average molecular weight is 548 g/mol. The number of carbonyl (C=O) groups excluding carboxylic acids is 3. The van der Waals surface area contributed by atoms with Gasteiger partial charge in [-0.1, -0.05) is 12.1 Å². The van der Waals surface area contributed by atoms with Crippen molar-refractivity contribution in [3.63, 3.8) is 0 Å². The van der Waals surface area contributed by atoms with Crippen molar-refractivity contribution in [2.24, 2.45) is 0 Å². The van der Waals surface area contributed by atoms with Crippen molar-refractivity contribution in [2.75, 3.05) is 7.11 Å². The highest BCUT2D eigenvalue weighted by Crippen LogP contribution is 2.30. The predicted molar refractivity (Wildman–Crippen MR) is 137 cm³/mol. The second kappa shape index (κ2) is 11.0. The molecule has 4 aromatic rings. The Morgan fingerprint density at radius 1 is 1.08 bits per heavy atom. The van der Waals surface area contributed by atoms with Gasteiger partial charge in [-0.3, -0.25) is 14.2 Å². The molecule has 0 aliphatic carbocycles. The first-order valence-corrected chi connectivity index (χ1v) is 13.2. The maximum atomic E-state index is 12.5. The number of carbonyl (C=O) groups is 3. The predicted octanol–water partition coefficient (Wildman–Crippen LogP) is 2.67. The number of ether oxygens (including phenoxy) is 1. The van der Waals surface area contributed by atoms with Crippen molar-refractivity contribution in [1.29, 1.82) is 0 Å². The van der Waals surface area contributed by atoms with E-state index < -0.39 is 25.8 Å². The lowest BCUT2D eigenvalue weighted by Crippen LogP contribution is -2.33. The number of nitrogens with zero attached hydrogens (tertiary/aromatic N) is 3. The molecule has 1 saturated heterocycles. The Morgan fingerprint density at radius 3 is 2.51 bits per heavy atom. The fourth-order valence-corrected chi connectivity index (χ4v) is 4.75. The Morgan fingerprint density at radius 2 is 1.82 bits per heavy atom. The summed E-state index contributed by atoms with van der Waals surface area (Å²) < 4.78 is 24.6. The molecule has 0 bridgehead atoms. The molecule has 11 nitrogen and oxygen atoms in total. The summed E-state index contributed by atoms with van der Waals surface area (Å²) in [5.41, 5.74) is 2.34.